The van der Waals surface area contributed by atoms with Crippen molar-refractivity contribution in [3.05, 3.63) is 76.3 Å². The van der Waals surface area contributed by atoms with Gasteiger partial charge >= 0.3 is 0 Å². The van der Waals surface area contributed by atoms with Crippen LogP contribution in [0.25, 0.3) is 28.6 Å². The lowest BCUT2D eigenvalue weighted by Crippen LogP contribution is -2.09. The summed E-state index contributed by atoms with van der Waals surface area (Å²) in [6.07, 6.45) is 3.19. The van der Waals surface area contributed by atoms with E-state index in [0.29, 0.717) is 34.2 Å². The Balaban J connectivity index is 1.57. The number of rotatable bonds is 6. The average molecular weight is 493 g/mol. The van der Waals surface area contributed by atoms with Gasteiger partial charge in [0, 0.05) is 33.4 Å². The van der Waals surface area contributed by atoms with Crippen molar-refractivity contribution >= 4 is 44.7 Å². The third-order valence-corrected chi connectivity index (χ3v) is 5.44. The normalized spacial score (nSPS) is 11.1. The van der Waals surface area contributed by atoms with Crippen molar-refractivity contribution in [2.24, 2.45) is 0 Å². The number of ether oxygens (including phenoxy) is 2. The molecule has 7 heteroatoms. The molecule has 1 heterocycles. The highest BCUT2D eigenvalue weighted by molar-refractivity contribution is 9.10. The average Bonchev–Trinajstić information content (AvgIpc) is 3.22. The molecule has 0 aliphatic carbocycles. The zero-order valence-electron chi connectivity index (χ0n) is 17.8. The summed E-state index contributed by atoms with van der Waals surface area (Å²) in [4.78, 5) is 17.1. The van der Waals surface area contributed by atoms with Crippen LogP contribution in [-0.2, 0) is 4.79 Å². The number of hydrogen-bond donors (Lipinski definition) is 1. The van der Waals surface area contributed by atoms with Crippen LogP contribution in [0, 0.1) is 6.92 Å². The Labute approximate surface area is 194 Å². The minimum atomic E-state index is -0.255. The van der Waals surface area contributed by atoms with E-state index in [1.54, 1.807) is 20.3 Å². The molecule has 1 aromatic heterocycles. The number of aryl methyl sites for hydroxylation is 1. The lowest BCUT2D eigenvalue weighted by atomic mass is 10.1. The number of benzene rings is 3. The predicted molar refractivity (Wildman–Crippen MR) is 129 cm³/mol. The Morgan fingerprint density at radius 3 is 2.69 bits per heavy atom. The van der Waals surface area contributed by atoms with E-state index in [-0.39, 0.29) is 5.91 Å². The van der Waals surface area contributed by atoms with E-state index in [9.17, 15) is 4.79 Å². The number of carbonyl (C=O) groups is 1. The highest BCUT2D eigenvalue weighted by Crippen LogP contribution is 2.30. The second kappa shape index (κ2) is 9.28. The van der Waals surface area contributed by atoms with Crippen molar-refractivity contribution in [1.29, 1.82) is 0 Å². The first-order valence-electron chi connectivity index (χ1n) is 9.85. The molecular weight excluding hydrogens is 472 g/mol. The monoisotopic (exact) mass is 492 g/mol. The van der Waals surface area contributed by atoms with Crippen LogP contribution >= 0.6 is 15.9 Å². The van der Waals surface area contributed by atoms with Crippen molar-refractivity contribution < 1.29 is 18.7 Å². The number of oxazole rings is 1. The van der Waals surface area contributed by atoms with Gasteiger partial charge in [-0.15, -0.1) is 0 Å². The standard InChI is InChI=1S/C25H21BrN2O4/c1-15-4-5-17(25-28-21-14-19(30-2)8-10-23(21)32-25)13-20(15)27-24(29)11-6-16-12-18(26)7-9-22(16)31-3/h4-14H,1-3H3,(H,27,29). The maximum Gasteiger partial charge on any atom is 0.248 e. The highest BCUT2D eigenvalue weighted by Gasteiger charge is 2.12. The molecule has 4 aromatic rings. The van der Waals surface area contributed by atoms with Crippen molar-refractivity contribution in [2.75, 3.05) is 19.5 Å². The third-order valence-electron chi connectivity index (χ3n) is 4.94. The van der Waals surface area contributed by atoms with Crippen molar-refractivity contribution in [1.82, 2.24) is 4.98 Å². The Morgan fingerprint density at radius 1 is 1.06 bits per heavy atom. The predicted octanol–water partition coefficient (Wildman–Crippen LogP) is 6.23. The molecule has 1 N–H and O–H groups in total. The summed E-state index contributed by atoms with van der Waals surface area (Å²) in [5.74, 6) is 1.61. The van der Waals surface area contributed by atoms with E-state index in [4.69, 9.17) is 13.9 Å². The van der Waals surface area contributed by atoms with E-state index in [1.165, 1.54) is 6.08 Å². The first kappa shape index (κ1) is 21.6. The Bertz CT molecular complexity index is 1330. The Kier molecular flexibility index (Phi) is 6.28. The summed E-state index contributed by atoms with van der Waals surface area (Å²) in [6.45, 7) is 1.93. The fourth-order valence-electron chi connectivity index (χ4n) is 3.22. The molecule has 32 heavy (non-hydrogen) atoms. The molecule has 0 aliphatic heterocycles. The number of nitrogens with zero attached hydrogens (tertiary/aromatic N) is 1. The van der Waals surface area contributed by atoms with Gasteiger partial charge in [0.1, 0.15) is 17.0 Å². The highest BCUT2D eigenvalue weighted by atomic mass is 79.9. The Hall–Kier alpha value is -3.58. The Morgan fingerprint density at radius 2 is 1.91 bits per heavy atom. The molecule has 0 aliphatic rings. The van der Waals surface area contributed by atoms with Crippen LogP contribution in [0.4, 0.5) is 5.69 Å². The van der Waals surface area contributed by atoms with Gasteiger partial charge in [-0.25, -0.2) is 4.98 Å². The molecule has 6 nitrogen and oxygen atoms in total. The second-order valence-corrected chi connectivity index (χ2v) is 8.01. The third kappa shape index (κ3) is 4.68. The molecule has 0 fully saturated rings. The van der Waals surface area contributed by atoms with E-state index >= 15 is 0 Å². The van der Waals surface area contributed by atoms with Gasteiger partial charge in [-0.05, 0) is 61.0 Å². The maximum atomic E-state index is 12.6. The fraction of sp³-hybridized carbons (Fsp3) is 0.120. The molecule has 0 saturated heterocycles. The number of amides is 1. The largest absolute Gasteiger partial charge is 0.497 e. The fourth-order valence-corrected chi connectivity index (χ4v) is 3.60. The molecule has 4 rings (SSSR count). The SMILES string of the molecule is COc1ccc2oc(-c3ccc(C)c(NC(=O)C=Cc4cc(Br)ccc4OC)c3)nc2c1. The van der Waals surface area contributed by atoms with Crippen molar-refractivity contribution in [3.8, 4) is 23.0 Å². The molecule has 0 spiro atoms. The zero-order valence-corrected chi connectivity index (χ0v) is 19.4. The van der Waals surface area contributed by atoms with Crippen molar-refractivity contribution in [2.45, 2.75) is 6.92 Å². The number of hydrogen-bond acceptors (Lipinski definition) is 5. The van der Waals surface area contributed by atoms with Gasteiger partial charge in [0.25, 0.3) is 0 Å². The lowest BCUT2D eigenvalue weighted by molar-refractivity contribution is -0.111. The van der Waals surface area contributed by atoms with Crippen molar-refractivity contribution in [3.63, 3.8) is 0 Å². The topological polar surface area (TPSA) is 73.6 Å². The molecule has 162 valence electrons. The summed E-state index contributed by atoms with van der Waals surface area (Å²) >= 11 is 3.43. The smallest absolute Gasteiger partial charge is 0.248 e. The van der Waals surface area contributed by atoms with Crippen LogP contribution in [0.5, 0.6) is 11.5 Å². The van der Waals surface area contributed by atoms with E-state index < -0.39 is 0 Å². The molecule has 0 saturated carbocycles. The second-order valence-electron chi connectivity index (χ2n) is 7.09. The number of halogens is 1. The summed E-state index contributed by atoms with van der Waals surface area (Å²) < 4.78 is 17.4. The van der Waals surface area contributed by atoms with Gasteiger partial charge in [0.05, 0.1) is 14.2 Å². The van der Waals surface area contributed by atoms with Crippen LogP contribution in [-0.4, -0.2) is 25.1 Å². The lowest BCUT2D eigenvalue weighted by Gasteiger charge is -2.08. The summed E-state index contributed by atoms with van der Waals surface area (Å²) in [5, 5.41) is 2.93. The van der Waals surface area contributed by atoms with Crippen LogP contribution in [0.1, 0.15) is 11.1 Å². The summed E-state index contributed by atoms with van der Waals surface area (Å²) in [5.41, 5.74) is 4.53. The molecule has 0 bridgehead atoms. The zero-order chi connectivity index (χ0) is 22.7. The van der Waals surface area contributed by atoms with Gasteiger partial charge < -0.3 is 19.2 Å². The minimum Gasteiger partial charge on any atom is -0.497 e. The van der Waals surface area contributed by atoms with Gasteiger partial charge in [-0.2, -0.15) is 0 Å². The van der Waals surface area contributed by atoms with Gasteiger partial charge in [0.2, 0.25) is 11.8 Å². The van der Waals surface area contributed by atoms with E-state index in [2.05, 4.69) is 26.2 Å². The van der Waals surface area contributed by atoms with Gasteiger partial charge in [-0.3, -0.25) is 4.79 Å². The molecule has 1 amide bonds. The van der Waals surface area contributed by atoms with Crippen LogP contribution in [0.3, 0.4) is 0 Å². The quantitative estimate of drug-likeness (QED) is 0.322. The van der Waals surface area contributed by atoms with Crippen LogP contribution in [0.15, 0.2) is 69.6 Å². The van der Waals surface area contributed by atoms with E-state index in [0.717, 1.165) is 21.2 Å². The summed E-state index contributed by atoms with van der Waals surface area (Å²) in [6, 6.07) is 16.8. The molecule has 0 unspecified atom stereocenters. The van der Waals surface area contributed by atoms with Gasteiger partial charge in [-0.1, -0.05) is 22.0 Å². The number of anilines is 1. The first-order chi connectivity index (χ1) is 15.5. The minimum absolute atomic E-state index is 0.255. The van der Waals surface area contributed by atoms with Gasteiger partial charge in [0.15, 0.2) is 5.58 Å². The maximum absolute atomic E-state index is 12.6. The molecular formula is C25H21BrN2O4. The molecule has 0 radical (unpaired) electrons. The summed E-state index contributed by atoms with van der Waals surface area (Å²) in [7, 11) is 3.20. The van der Waals surface area contributed by atoms with Crippen LogP contribution in [0.2, 0.25) is 0 Å². The number of fused-ring (bicyclic) bond motifs is 1. The number of aromatic nitrogens is 1. The molecule has 3 aromatic carbocycles. The van der Waals surface area contributed by atoms with Crippen LogP contribution < -0.4 is 14.8 Å². The first-order valence-corrected chi connectivity index (χ1v) is 10.6. The van der Waals surface area contributed by atoms with E-state index in [1.807, 2.05) is 61.5 Å². The number of methoxy groups -OCH3 is 2. The molecule has 0 atom stereocenters. The number of nitrogens with one attached hydrogen (secondary N) is 1. The number of carbonyl (C=O) groups excluding carboxylic acids is 1.